The van der Waals surface area contributed by atoms with Gasteiger partial charge in [-0.05, 0) is 70.8 Å². The lowest BCUT2D eigenvalue weighted by Gasteiger charge is -2.46. The zero-order valence-corrected chi connectivity index (χ0v) is 18.9. The molecule has 0 aromatic rings. The van der Waals surface area contributed by atoms with E-state index in [4.69, 9.17) is 4.74 Å². The minimum absolute atomic E-state index is 0.0663. The van der Waals surface area contributed by atoms with Gasteiger partial charge in [0, 0.05) is 49.4 Å². The van der Waals surface area contributed by atoms with E-state index in [2.05, 4.69) is 4.90 Å². The molecule has 5 rings (SSSR count). The first-order chi connectivity index (χ1) is 15.0. The Morgan fingerprint density at radius 1 is 1.03 bits per heavy atom. The maximum absolute atomic E-state index is 14.1. The number of amides is 2. The molecule has 0 spiro atoms. The van der Waals surface area contributed by atoms with Gasteiger partial charge in [0.25, 0.3) is 0 Å². The second kappa shape index (κ2) is 8.38. The zero-order chi connectivity index (χ0) is 21.7. The van der Waals surface area contributed by atoms with Gasteiger partial charge in [0.2, 0.25) is 5.91 Å². The third-order valence-electron chi connectivity index (χ3n) is 8.50. The van der Waals surface area contributed by atoms with Crippen molar-refractivity contribution in [3.05, 3.63) is 11.3 Å². The molecule has 4 aliphatic heterocycles. The Kier molecular flexibility index (Phi) is 5.74. The summed E-state index contributed by atoms with van der Waals surface area (Å²) in [6.07, 6.45) is 6.90. The smallest absolute Gasteiger partial charge is 0.410 e. The molecule has 6 nitrogen and oxygen atoms in total. The summed E-state index contributed by atoms with van der Waals surface area (Å²) in [7, 11) is 0. The van der Waals surface area contributed by atoms with Crippen LogP contribution in [-0.2, 0) is 9.53 Å². The van der Waals surface area contributed by atoms with Crippen molar-refractivity contribution in [2.45, 2.75) is 102 Å². The third kappa shape index (κ3) is 3.66. The molecule has 0 N–H and O–H groups in total. The summed E-state index contributed by atoms with van der Waals surface area (Å²) in [5.41, 5.74) is 2.21. The van der Waals surface area contributed by atoms with E-state index >= 15 is 0 Å². The van der Waals surface area contributed by atoms with Gasteiger partial charge in [0.1, 0.15) is 6.17 Å². The second-order valence-electron chi connectivity index (χ2n) is 10.1. The highest BCUT2D eigenvalue weighted by molar-refractivity contribution is 5.87. The molecule has 7 heteroatoms. The summed E-state index contributed by atoms with van der Waals surface area (Å²) in [6, 6.07) is 1.33. The number of alkyl halides is 1. The second-order valence-corrected chi connectivity index (χ2v) is 10.1. The molecule has 0 radical (unpaired) electrons. The SMILES string of the molecule is CCOC(=O)N1[C@@H]2CC[C@H]1C[C@@H](N1CCC(N3C(=O)C(C)C4=C3CC(F)CC4)CC1)C2. The van der Waals surface area contributed by atoms with Gasteiger partial charge in [-0.15, -0.1) is 0 Å². The van der Waals surface area contributed by atoms with Gasteiger partial charge in [-0.25, -0.2) is 9.18 Å². The van der Waals surface area contributed by atoms with E-state index in [1.165, 1.54) is 5.57 Å². The molecule has 0 aromatic carbocycles. The van der Waals surface area contributed by atoms with Crippen molar-refractivity contribution < 1.29 is 18.7 Å². The van der Waals surface area contributed by atoms with Gasteiger partial charge >= 0.3 is 6.09 Å². The number of carbonyl (C=O) groups is 2. The summed E-state index contributed by atoms with van der Waals surface area (Å²) >= 11 is 0. The van der Waals surface area contributed by atoms with Crippen LogP contribution in [0.3, 0.4) is 0 Å². The lowest BCUT2D eigenvalue weighted by atomic mass is 9.90. The summed E-state index contributed by atoms with van der Waals surface area (Å²) < 4.78 is 19.4. The summed E-state index contributed by atoms with van der Waals surface area (Å²) in [5.74, 6) is 0.127. The first-order valence-electron chi connectivity index (χ1n) is 12.4. The Hall–Kier alpha value is -1.63. The van der Waals surface area contributed by atoms with Crippen molar-refractivity contribution in [3.63, 3.8) is 0 Å². The summed E-state index contributed by atoms with van der Waals surface area (Å²) in [5, 5.41) is 0. The predicted octanol–water partition coefficient (Wildman–Crippen LogP) is 3.86. The monoisotopic (exact) mass is 433 g/mol. The van der Waals surface area contributed by atoms with Crippen LogP contribution in [0.2, 0.25) is 0 Å². The minimum atomic E-state index is -0.806. The van der Waals surface area contributed by atoms with E-state index in [9.17, 15) is 14.0 Å². The van der Waals surface area contributed by atoms with Crippen LogP contribution in [0.5, 0.6) is 0 Å². The zero-order valence-electron chi connectivity index (χ0n) is 18.9. The van der Waals surface area contributed by atoms with E-state index in [1.807, 2.05) is 23.6 Å². The number of likely N-dealkylation sites (tertiary alicyclic amines) is 1. The first-order valence-corrected chi connectivity index (χ1v) is 12.4. The molecular formula is C24H36FN3O3. The Morgan fingerprint density at radius 3 is 2.35 bits per heavy atom. The molecule has 2 amide bonds. The number of hydrogen-bond acceptors (Lipinski definition) is 4. The van der Waals surface area contributed by atoms with E-state index in [1.54, 1.807) is 0 Å². The maximum Gasteiger partial charge on any atom is 0.410 e. The van der Waals surface area contributed by atoms with E-state index in [-0.39, 0.29) is 24.0 Å². The number of piperidine rings is 2. The highest BCUT2D eigenvalue weighted by atomic mass is 19.1. The molecular weight excluding hydrogens is 397 g/mol. The van der Waals surface area contributed by atoms with Gasteiger partial charge in [0.15, 0.2) is 0 Å². The first kappa shape index (κ1) is 21.2. The Labute approximate surface area is 184 Å². The number of hydrogen-bond donors (Lipinski definition) is 0. The van der Waals surface area contributed by atoms with Crippen LogP contribution in [0.4, 0.5) is 9.18 Å². The Bertz CT molecular complexity index is 749. The largest absolute Gasteiger partial charge is 0.450 e. The van der Waals surface area contributed by atoms with Crippen molar-refractivity contribution in [1.29, 1.82) is 0 Å². The maximum atomic E-state index is 14.1. The van der Waals surface area contributed by atoms with E-state index in [0.29, 0.717) is 37.6 Å². The molecule has 5 atom stereocenters. The van der Waals surface area contributed by atoms with Crippen LogP contribution >= 0.6 is 0 Å². The van der Waals surface area contributed by atoms with Gasteiger partial charge in [-0.3, -0.25) is 4.79 Å². The number of nitrogens with zero attached hydrogens (tertiary/aromatic N) is 3. The molecule has 3 fully saturated rings. The molecule has 172 valence electrons. The number of allylic oxidation sites excluding steroid dienone is 1. The molecule has 4 heterocycles. The molecule has 3 saturated heterocycles. The minimum Gasteiger partial charge on any atom is -0.450 e. The standard InChI is InChI=1S/C24H36FN3O3/c1-3-31-24(30)27-18-5-6-19(27)14-20(13-18)26-10-8-17(9-11-26)28-22-12-16(25)4-7-21(22)15(2)23(28)29/h15-20H,3-14H2,1-2H3/t15?,16?,18-,19+,20+. The van der Waals surface area contributed by atoms with E-state index in [0.717, 1.165) is 63.7 Å². The van der Waals surface area contributed by atoms with Gasteiger partial charge in [-0.1, -0.05) is 0 Å². The molecule has 0 saturated carbocycles. The van der Waals surface area contributed by atoms with Gasteiger partial charge < -0.3 is 19.4 Å². The predicted molar refractivity (Wildman–Crippen MR) is 115 cm³/mol. The van der Waals surface area contributed by atoms with Crippen LogP contribution in [0.25, 0.3) is 0 Å². The molecule has 31 heavy (non-hydrogen) atoms. The third-order valence-corrected chi connectivity index (χ3v) is 8.50. The van der Waals surface area contributed by atoms with Crippen molar-refractivity contribution in [2.24, 2.45) is 5.92 Å². The number of fused-ring (bicyclic) bond motifs is 2. The van der Waals surface area contributed by atoms with Crippen LogP contribution in [0.1, 0.15) is 71.6 Å². The fraction of sp³-hybridized carbons (Fsp3) is 0.833. The Morgan fingerprint density at radius 2 is 1.71 bits per heavy atom. The van der Waals surface area contributed by atoms with Crippen LogP contribution < -0.4 is 0 Å². The summed E-state index contributed by atoms with van der Waals surface area (Å²) in [6.45, 7) is 6.25. The van der Waals surface area contributed by atoms with Crippen molar-refractivity contribution in [3.8, 4) is 0 Å². The van der Waals surface area contributed by atoms with Crippen LogP contribution in [-0.4, -0.2) is 76.7 Å². The summed E-state index contributed by atoms with van der Waals surface area (Å²) in [4.78, 5) is 31.9. The Balaban J connectivity index is 1.21. The van der Waals surface area contributed by atoms with Gasteiger partial charge in [0.05, 0.1) is 12.5 Å². The molecule has 0 aromatic heterocycles. The average molecular weight is 434 g/mol. The number of carbonyl (C=O) groups excluding carboxylic acids is 2. The van der Waals surface area contributed by atoms with Crippen molar-refractivity contribution >= 4 is 12.0 Å². The lowest BCUT2D eigenvalue weighted by Crippen LogP contribution is -2.55. The normalized spacial score (nSPS) is 36.9. The lowest BCUT2D eigenvalue weighted by molar-refractivity contribution is -0.133. The highest BCUT2D eigenvalue weighted by Gasteiger charge is 2.47. The highest BCUT2D eigenvalue weighted by Crippen LogP contribution is 2.43. The molecule has 5 aliphatic rings. The fourth-order valence-corrected chi connectivity index (χ4v) is 6.96. The quantitative estimate of drug-likeness (QED) is 0.678. The molecule has 2 unspecified atom stereocenters. The van der Waals surface area contributed by atoms with Gasteiger partial charge in [-0.2, -0.15) is 0 Å². The average Bonchev–Trinajstić information content (AvgIpc) is 3.17. The fourth-order valence-electron chi connectivity index (χ4n) is 6.96. The number of rotatable bonds is 3. The molecule has 2 bridgehead atoms. The number of ether oxygens (including phenoxy) is 1. The van der Waals surface area contributed by atoms with Crippen LogP contribution in [0, 0.1) is 5.92 Å². The molecule has 1 aliphatic carbocycles. The van der Waals surface area contributed by atoms with Crippen molar-refractivity contribution in [2.75, 3.05) is 19.7 Å². The van der Waals surface area contributed by atoms with Crippen molar-refractivity contribution in [1.82, 2.24) is 14.7 Å². The van der Waals surface area contributed by atoms with Crippen LogP contribution in [0.15, 0.2) is 11.3 Å². The topological polar surface area (TPSA) is 53.1 Å². The number of halogens is 1. The van der Waals surface area contributed by atoms with E-state index < -0.39 is 6.17 Å².